The Morgan fingerprint density at radius 1 is 1.00 bits per heavy atom. The minimum atomic E-state index is -3.64. The van der Waals surface area contributed by atoms with Crippen molar-refractivity contribution in [1.29, 1.82) is 0 Å². The van der Waals surface area contributed by atoms with Gasteiger partial charge in [-0.25, -0.2) is 12.7 Å². The Labute approximate surface area is 178 Å². The molecule has 7 nitrogen and oxygen atoms in total. The van der Waals surface area contributed by atoms with Crippen LogP contribution in [0.2, 0.25) is 0 Å². The number of sulfonamides is 1. The van der Waals surface area contributed by atoms with Crippen LogP contribution in [0.4, 0.5) is 0 Å². The van der Waals surface area contributed by atoms with Crippen molar-refractivity contribution >= 4 is 21.8 Å². The summed E-state index contributed by atoms with van der Waals surface area (Å²) in [4.78, 5) is 24.6. The molecule has 2 aromatic carbocycles. The van der Waals surface area contributed by atoms with E-state index in [1.165, 1.54) is 38.4 Å². The third-order valence-corrected chi connectivity index (χ3v) is 6.62. The maximum Gasteiger partial charge on any atom is 0.251 e. The molecule has 0 aromatic heterocycles. The molecular formula is C22H29N3O4S. The van der Waals surface area contributed by atoms with Crippen LogP contribution in [0.5, 0.6) is 0 Å². The summed E-state index contributed by atoms with van der Waals surface area (Å²) in [6, 6.07) is 13.8. The van der Waals surface area contributed by atoms with Crippen LogP contribution in [-0.2, 0) is 20.2 Å². The first-order valence-electron chi connectivity index (χ1n) is 9.58. The SMILES string of the molecule is Cc1cccc(C(C)(C)CNC(=O)CNC(=O)c2cccc(S(=O)(=O)N(C)C)c2)c1. The van der Waals surface area contributed by atoms with E-state index in [9.17, 15) is 18.0 Å². The number of amides is 2. The van der Waals surface area contributed by atoms with Gasteiger partial charge in [0.15, 0.2) is 0 Å². The molecule has 2 rings (SSSR count). The molecule has 0 unspecified atom stereocenters. The Hall–Kier alpha value is -2.71. The van der Waals surface area contributed by atoms with E-state index in [4.69, 9.17) is 0 Å². The van der Waals surface area contributed by atoms with Gasteiger partial charge < -0.3 is 10.6 Å². The van der Waals surface area contributed by atoms with Crippen LogP contribution >= 0.6 is 0 Å². The molecular weight excluding hydrogens is 402 g/mol. The number of nitrogens with zero attached hydrogens (tertiary/aromatic N) is 1. The second-order valence-electron chi connectivity index (χ2n) is 8.03. The molecule has 30 heavy (non-hydrogen) atoms. The highest BCUT2D eigenvalue weighted by Gasteiger charge is 2.22. The smallest absolute Gasteiger partial charge is 0.251 e. The Morgan fingerprint density at radius 3 is 2.30 bits per heavy atom. The van der Waals surface area contributed by atoms with Gasteiger partial charge in [-0.1, -0.05) is 49.7 Å². The topological polar surface area (TPSA) is 95.6 Å². The molecule has 2 N–H and O–H groups in total. The molecule has 0 aliphatic carbocycles. The van der Waals surface area contributed by atoms with E-state index in [0.29, 0.717) is 6.54 Å². The molecule has 8 heteroatoms. The Balaban J connectivity index is 1.94. The summed E-state index contributed by atoms with van der Waals surface area (Å²) in [5.74, 6) is -0.833. The summed E-state index contributed by atoms with van der Waals surface area (Å²) >= 11 is 0. The molecule has 0 bridgehead atoms. The van der Waals surface area contributed by atoms with Crippen molar-refractivity contribution in [3.63, 3.8) is 0 Å². The fourth-order valence-electron chi connectivity index (χ4n) is 2.82. The summed E-state index contributed by atoms with van der Waals surface area (Å²) in [6.45, 7) is 6.32. The van der Waals surface area contributed by atoms with Gasteiger partial charge in [0, 0.05) is 31.6 Å². The quantitative estimate of drug-likeness (QED) is 0.669. The van der Waals surface area contributed by atoms with E-state index in [1.807, 2.05) is 39.0 Å². The average Bonchev–Trinajstić information content (AvgIpc) is 2.70. The zero-order valence-electron chi connectivity index (χ0n) is 18.0. The van der Waals surface area contributed by atoms with Gasteiger partial charge in [0.2, 0.25) is 15.9 Å². The van der Waals surface area contributed by atoms with Gasteiger partial charge in [-0.2, -0.15) is 0 Å². The first-order chi connectivity index (χ1) is 13.9. The molecule has 0 spiro atoms. The van der Waals surface area contributed by atoms with Gasteiger partial charge >= 0.3 is 0 Å². The second kappa shape index (κ2) is 9.40. The van der Waals surface area contributed by atoms with Gasteiger partial charge in [-0.05, 0) is 30.7 Å². The lowest BCUT2D eigenvalue weighted by Gasteiger charge is -2.26. The number of nitrogens with one attached hydrogen (secondary N) is 2. The number of carbonyl (C=O) groups is 2. The normalized spacial score (nSPS) is 11.9. The molecule has 0 atom stereocenters. The highest BCUT2D eigenvalue weighted by atomic mass is 32.2. The summed E-state index contributed by atoms with van der Waals surface area (Å²) in [7, 11) is -0.802. The molecule has 0 fully saturated rings. The maximum absolute atomic E-state index is 12.4. The number of benzene rings is 2. The molecule has 0 aliphatic heterocycles. The fourth-order valence-corrected chi connectivity index (χ4v) is 3.77. The Morgan fingerprint density at radius 2 is 1.67 bits per heavy atom. The Kier molecular flexibility index (Phi) is 7.39. The van der Waals surface area contributed by atoms with Gasteiger partial charge in [0.1, 0.15) is 0 Å². The minimum absolute atomic E-state index is 0.0181. The van der Waals surface area contributed by atoms with Crippen molar-refractivity contribution < 1.29 is 18.0 Å². The fraction of sp³-hybridized carbons (Fsp3) is 0.364. The average molecular weight is 432 g/mol. The highest BCUT2D eigenvalue weighted by molar-refractivity contribution is 7.89. The van der Waals surface area contributed by atoms with E-state index < -0.39 is 15.9 Å². The first-order valence-corrected chi connectivity index (χ1v) is 11.0. The minimum Gasteiger partial charge on any atom is -0.354 e. The molecule has 0 aliphatic rings. The zero-order chi connectivity index (χ0) is 22.5. The van der Waals surface area contributed by atoms with Crippen LogP contribution in [0.25, 0.3) is 0 Å². The zero-order valence-corrected chi connectivity index (χ0v) is 18.8. The predicted molar refractivity (Wildman–Crippen MR) is 117 cm³/mol. The maximum atomic E-state index is 12.4. The third kappa shape index (κ3) is 5.90. The van der Waals surface area contributed by atoms with Crippen molar-refractivity contribution in [2.24, 2.45) is 0 Å². The van der Waals surface area contributed by atoms with Crippen molar-refractivity contribution in [3.05, 3.63) is 65.2 Å². The van der Waals surface area contributed by atoms with Gasteiger partial charge in [0.05, 0.1) is 11.4 Å². The van der Waals surface area contributed by atoms with E-state index in [0.717, 1.165) is 15.4 Å². The van der Waals surface area contributed by atoms with Crippen LogP contribution in [0.3, 0.4) is 0 Å². The summed E-state index contributed by atoms with van der Waals surface area (Å²) in [6.07, 6.45) is 0. The molecule has 162 valence electrons. The van der Waals surface area contributed by atoms with Gasteiger partial charge in [-0.3, -0.25) is 9.59 Å². The third-order valence-electron chi connectivity index (χ3n) is 4.81. The number of hydrogen-bond donors (Lipinski definition) is 2. The van der Waals surface area contributed by atoms with Crippen LogP contribution in [0, 0.1) is 6.92 Å². The van der Waals surface area contributed by atoms with Crippen molar-refractivity contribution in [2.75, 3.05) is 27.2 Å². The van der Waals surface area contributed by atoms with Crippen molar-refractivity contribution in [3.8, 4) is 0 Å². The van der Waals surface area contributed by atoms with E-state index >= 15 is 0 Å². The lowest BCUT2D eigenvalue weighted by Crippen LogP contribution is -2.42. The van der Waals surface area contributed by atoms with Crippen molar-refractivity contribution in [1.82, 2.24) is 14.9 Å². The lowest BCUT2D eigenvalue weighted by atomic mass is 9.84. The van der Waals surface area contributed by atoms with Crippen LogP contribution in [-0.4, -0.2) is 51.7 Å². The number of rotatable bonds is 8. The summed E-state index contributed by atoms with van der Waals surface area (Å²) in [5.41, 5.74) is 2.18. The molecule has 0 saturated carbocycles. The Bertz CT molecular complexity index is 1030. The van der Waals surface area contributed by atoms with Gasteiger partial charge in [-0.15, -0.1) is 0 Å². The molecule has 0 heterocycles. The molecule has 2 aromatic rings. The molecule has 0 saturated heterocycles. The van der Waals surface area contributed by atoms with Crippen LogP contribution in [0.1, 0.15) is 35.3 Å². The highest BCUT2D eigenvalue weighted by Crippen LogP contribution is 2.23. The van der Waals surface area contributed by atoms with E-state index in [-0.39, 0.29) is 28.3 Å². The first kappa shape index (κ1) is 23.6. The number of hydrogen-bond acceptors (Lipinski definition) is 4. The number of aryl methyl sites for hydroxylation is 1. The predicted octanol–water partition coefficient (Wildman–Crippen LogP) is 2.07. The van der Waals surface area contributed by atoms with Crippen LogP contribution in [0.15, 0.2) is 53.4 Å². The monoisotopic (exact) mass is 431 g/mol. The van der Waals surface area contributed by atoms with E-state index in [1.54, 1.807) is 0 Å². The lowest BCUT2D eigenvalue weighted by molar-refractivity contribution is -0.120. The number of carbonyl (C=O) groups excluding carboxylic acids is 2. The van der Waals surface area contributed by atoms with Crippen molar-refractivity contribution in [2.45, 2.75) is 31.1 Å². The van der Waals surface area contributed by atoms with Gasteiger partial charge in [0.25, 0.3) is 5.91 Å². The largest absolute Gasteiger partial charge is 0.354 e. The van der Waals surface area contributed by atoms with Crippen LogP contribution < -0.4 is 10.6 Å². The summed E-state index contributed by atoms with van der Waals surface area (Å²) < 4.78 is 25.5. The van der Waals surface area contributed by atoms with E-state index in [2.05, 4.69) is 16.7 Å². The summed E-state index contributed by atoms with van der Waals surface area (Å²) in [5, 5.41) is 5.37. The standard InChI is InChI=1S/C22H29N3O4S/c1-16-8-6-10-18(12-16)22(2,3)15-24-20(26)14-23-21(27)17-9-7-11-19(13-17)30(28,29)25(4)5/h6-13H,14-15H2,1-5H3,(H,23,27)(H,24,26). The molecule has 0 radical (unpaired) electrons. The second-order valence-corrected chi connectivity index (χ2v) is 10.2. The molecule has 2 amide bonds.